The monoisotopic (exact) mass is 344 g/mol. The lowest BCUT2D eigenvalue weighted by Gasteiger charge is -2.33. The molecule has 0 aliphatic carbocycles. The lowest BCUT2D eigenvalue weighted by Crippen LogP contribution is -2.42. The summed E-state index contributed by atoms with van der Waals surface area (Å²) < 4.78 is 0. The predicted molar refractivity (Wildman–Crippen MR) is 96.4 cm³/mol. The molecule has 1 amide bonds. The third-order valence-corrected chi connectivity index (χ3v) is 4.67. The molecule has 0 atom stereocenters. The van der Waals surface area contributed by atoms with Crippen molar-refractivity contribution in [2.75, 3.05) is 18.4 Å². The Labute approximate surface area is 147 Å². The van der Waals surface area contributed by atoms with Crippen LogP contribution < -0.4 is 5.32 Å². The highest BCUT2D eigenvalue weighted by Gasteiger charge is 2.23. The molecule has 2 aromatic rings. The number of carbonyl (C=O) groups is 1. The standard InChI is InChI=1S/C19H21ClN2O2/c20-16-7-5-14(6-8-16)19(24)22-11-9-17(10-12-22)21-18-4-2-1-3-15(18)13-23/h1-8,17,21,23H,9-13H2. The summed E-state index contributed by atoms with van der Waals surface area (Å²) >= 11 is 5.87. The number of halogens is 1. The van der Waals surface area contributed by atoms with Crippen LogP contribution in [0.3, 0.4) is 0 Å². The van der Waals surface area contributed by atoms with Gasteiger partial charge in [0.25, 0.3) is 5.91 Å². The molecule has 0 aromatic heterocycles. The van der Waals surface area contributed by atoms with Gasteiger partial charge < -0.3 is 15.3 Å². The number of benzene rings is 2. The second kappa shape index (κ2) is 7.69. The van der Waals surface area contributed by atoms with Crippen molar-refractivity contribution < 1.29 is 9.90 Å². The molecule has 1 fully saturated rings. The maximum absolute atomic E-state index is 12.5. The second-order valence-electron chi connectivity index (χ2n) is 6.03. The zero-order chi connectivity index (χ0) is 16.9. The van der Waals surface area contributed by atoms with E-state index in [2.05, 4.69) is 5.32 Å². The van der Waals surface area contributed by atoms with E-state index in [1.165, 1.54) is 0 Å². The van der Waals surface area contributed by atoms with Crippen LogP contribution >= 0.6 is 11.6 Å². The van der Waals surface area contributed by atoms with E-state index in [9.17, 15) is 9.90 Å². The van der Waals surface area contributed by atoms with E-state index in [1.807, 2.05) is 29.2 Å². The number of hydrogen-bond donors (Lipinski definition) is 2. The maximum Gasteiger partial charge on any atom is 0.253 e. The van der Waals surface area contributed by atoms with Crippen molar-refractivity contribution in [3.05, 3.63) is 64.7 Å². The average Bonchev–Trinajstić information content (AvgIpc) is 2.63. The third kappa shape index (κ3) is 3.89. The number of rotatable bonds is 4. The number of likely N-dealkylation sites (tertiary alicyclic amines) is 1. The fourth-order valence-electron chi connectivity index (χ4n) is 3.02. The van der Waals surface area contributed by atoms with Crippen molar-refractivity contribution in [1.29, 1.82) is 0 Å². The summed E-state index contributed by atoms with van der Waals surface area (Å²) in [6.45, 7) is 1.47. The summed E-state index contributed by atoms with van der Waals surface area (Å²) in [4.78, 5) is 14.4. The smallest absolute Gasteiger partial charge is 0.253 e. The molecular weight excluding hydrogens is 324 g/mol. The number of nitrogens with one attached hydrogen (secondary N) is 1. The first-order chi connectivity index (χ1) is 11.7. The van der Waals surface area contributed by atoms with Gasteiger partial charge in [-0.05, 0) is 43.2 Å². The summed E-state index contributed by atoms with van der Waals surface area (Å²) in [6, 6.07) is 15.1. The highest BCUT2D eigenvalue weighted by Crippen LogP contribution is 2.21. The first kappa shape index (κ1) is 16.8. The summed E-state index contributed by atoms with van der Waals surface area (Å²) in [5.74, 6) is 0.0564. The Morgan fingerprint density at radius 1 is 1.12 bits per heavy atom. The number of piperidine rings is 1. The molecule has 1 aliphatic heterocycles. The predicted octanol–water partition coefficient (Wildman–Crippen LogP) is 3.55. The molecule has 0 radical (unpaired) electrons. The van der Waals surface area contributed by atoms with Gasteiger partial charge in [0.2, 0.25) is 0 Å². The van der Waals surface area contributed by atoms with E-state index in [-0.39, 0.29) is 12.5 Å². The Kier molecular flexibility index (Phi) is 5.38. The average molecular weight is 345 g/mol. The highest BCUT2D eigenvalue weighted by molar-refractivity contribution is 6.30. The Hall–Kier alpha value is -2.04. The summed E-state index contributed by atoms with van der Waals surface area (Å²) in [5.41, 5.74) is 2.55. The minimum Gasteiger partial charge on any atom is -0.392 e. The van der Waals surface area contributed by atoms with Crippen LogP contribution in [-0.2, 0) is 6.61 Å². The van der Waals surface area contributed by atoms with Crippen LogP contribution in [0.5, 0.6) is 0 Å². The van der Waals surface area contributed by atoms with Gasteiger partial charge in [-0.1, -0.05) is 29.8 Å². The number of aliphatic hydroxyl groups is 1. The van der Waals surface area contributed by atoms with Crippen molar-refractivity contribution in [1.82, 2.24) is 4.90 Å². The fraction of sp³-hybridized carbons (Fsp3) is 0.316. The van der Waals surface area contributed by atoms with E-state index in [0.29, 0.717) is 16.6 Å². The first-order valence-corrected chi connectivity index (χ1v) is 8.55. The molecule has 2 N–H and O–H groups in total. The van der Waals surface area contributed by atoms with Crippen molar-refractivity contribution in [3.8, 4) is 0 Å². The van der Waals surface area contributed by atoms with Crippen molar-refractivity contribution in [2.24, 2.45) is 0 Å². The molecule has 5 heteroatoms. The van der Waals surface area contributed by atoms with E-state index in [0.717, 1.165) is 37.2 Å². The minimum atomic E-state index is 0.0249. The number of hydrogen-bond acceptors (Lipinski definition) is 3. The van der Waals surface area contributed by atoms with Crippen LogP contribution in [-0.4, -0.2) is 35.0 Å². The topological polar surface area (TPSA) is 52.6 Å². The molecule has 3 rings (SSSR count). The molecule has 1 aliphatic rings. The first-order valence-electron chi connectivity index (χ1n) is 8.17. The van der Waals surface area contributed by atoms with E-state index >= 15 is 0 Å². The third-order valence-electron chi connectivity index (χ3n) is 4.42. The Bertz CT molecular complexity index is 695. The lowest BCUT2D eigenvalue weighted by molar-refractivity contribution is 0.0718. The summed E-state index contributed by atoms with van der Waals surface area (Å²) in [7, 11) is 0. The number of para-hydroxylation sites is 1. The van der Waals surface area contributed by atoms with E-state index in [4.69, 9.17) is 11.6 Å². The second-order valence-corrected chi connectivity index (χ2v) is 6.47. The number of aliphatic hydroxyl groups excluding tert-OH is 1. The number of carbonyl (C=O) groups excluding carboxylic acids is 1. The zero-order valence-electron chi connectivity index (χ0n) is 13.4. The van der Waals surface area contributed by atoms with Crippen LogP contribution in [0.25, 0.3) is 0 Å². The Morgan fingerprint density at radius 2 is 1.79 bits per heavy atom. The zero-order valence-corrected chi connectivity index (χ0v) is 14.2. The van der Waals surface area contributed by atoms with Crippen LogP contribution in [0.1, 0.15) is 28.8 Å². The van der Waals surface area contributed by atoms with E-state index in [1.54, 1.807) is 24.3 Å². The van der Waals surface area contributed by atoms with Gasteiger partial charge in [-0.3, -0.25) is 4.79 Å². The van der Waals surface area contributed by atoms with Crippen LogP contribution in [0.4, 0.5) is 5.69 Å². The van der Waals surface area contributed by atoms with Crippen LogP contribution in [0.2, 0.25) is 5.02 Å². The molecule has 0 spiro atoms. The van der Waals surface area contributed by atoms with E-state index < -0.39 is 0 Å². The van der Waals surface area contributed by atoms with Crippen molar-refractivity contribution in [2.45, 2.75) is 25.5 Å². The molecule has 0 bridgehead atoms. The SMILES string of the molecule is O=C(c1ccc(Cl)cc1)N1CCC(Nc2ccccc2CO)CC1. The number of amides is 1. The van der Waals surface area contributed by atoms with Crippen molar-refractivity contribution in [3.63, 3.8) is 0 Å². The molecule has 24 heavy (non-hydrogen) atoms. The van der Waals surface area contributed by atoms with Gasteiger partial charge in [-0.25, -0.2) is 0 Å². The maximum atomic E-state index is 12.5. The van der Waals surface area contributed by atoms with Crippen LogP contribution in [0.15, 0.2) is 48.5 Å². The number of anilines is 1. The van der Waals surface area contributed by atoms with Gasteiger partial charge in [0.05, 0.1) is 6.61 Å². The molecule has 0 saturated carbocycles. The van der Waals surface area contributed by atoms with Gasteiger partial charge in [0.15, 0.2) is 0 Å². The minimum absolute atomic E-state index is 0.0249. The molecular formula is C19H21ClN2O2. The molecule has 1 heterocycles. The van der Waals surface area contributed by atoms with Gasteiger partial charge in [-0.2, -0.15) is 0 Å². The van der Waals surface area contributed by atoms with Gasteiger partial charge >= 0.3 is 0 Å². The molecule has 4 nitrogen and oxygen atoms in total. The lowest BCUT2D eigenvalue weighted by atomic mass is 10.0. The van der Waals surface area contributed by atoms with Crippen LogP contribution in [0, 0.1) is 0 Å². The van der Waals surface area contributed by atoms with Crippen molar-refractivity contribution >= 4 is 23.2 Å². The Morgan fingerprint density at radius 3 is 2.46 bits per heavy atom. The quantitative estimate of drug-likeness (QED) is 0.891. The Balaban J connectivity index is 1.57. The fourth-order valence-corrected chi connectivity index (χ4v) is 3.15. The molecule has 126 valence electrons. The summed E-state index contributed by atoms with van der Waals surface area (Å²) in [6.07, 6.45) is 1.78. The van der Waals surface area contributed by atoms with Gasteiger partial charge in [0, 0.05) is 41.0 Å². The largest absolute Gasteiger partial charge is 0.392 e. The van der Waals surface area contributed by atoms with Gasteiger partial charge in [-0.15, -0.1) is 0 Å². The highest BCUT2D eigenvalue weighted by atomic mass is 35.5. The molecule has 0 unspecified atom stereocenters. The normalized spacial score (nSPS) is 15.3. The summed E-state index contributed by atoms with van der Waals surface area (Å²) in [5, 5.41) is 13.5. The number of nitrogens with zero attached hydrogens (tertiary/aromatic N) is 1. The van der Waals surface area contributed by atoms with Gasteiger partial charge in [0.1, 0.15) is 0 Å². The molecule has 2 aromatic carbocycles. The molecule has 1 saturated heterocycles.